The summed E-state index contributed by atoms with van der Waals surface area (Å²) >= 11 is 0. The highest BCUT2D eigenvalue weighted by molar-refractivity contribution is 5.92. The molecule has 0 radical (unpaired) electrons. The third kappa shape index (κ3) is 4.54. The third-order valence-electron chi connectivity index (χ3n) is 8.18. The quantitative estimate of drug-likeness (QED) is 0.269. The van der Waals surface area contributed by atoms with E-state index in [2.05, 4.69) is 82.7 Å². The molecule has 0 amide bonds. The summed E-state index contributed by atoms with van der Waals surface area (Å²) in [5.74, 6) is -1.82. The van der Waals surface area contributed by atoms with Crippen LogP contribution in [-0.2, 0) is 12.1 Å². The normalized spacial score (nSPS) is 14.3. The zero-order valence-corrected chi connectivity index (χ0v) is 23.3. The second-order valence-electron chi connectivity index (χ2n) is 10.4. The first kappa shape index (κ1) is 27.4. The van der Waals surface area contributed by atoms with Gasteiger partial charge in [0.2, 0.25) is 5.43 Å². The third-order valence-corrected chi connectivity index (χ3v) is 8.18. The maximum absolute atomic E-state index is 15.6. The highest BCUT2D eigenvalue weighted by Crippen LogP contribution is 2.43. The van der Waals surface area contributed by atoms with Gasteiger partial charge in [0.05, 0.1) is 10.9 Å². The number of aromatic nitrogens is 2. The average Bonchev–Trinajstić information content (AvgIpc) is 3.03. The van der Waals surface area contributed by atoms with Crippen molar-refractivity contribution in [2.75, 3.05) is 31.1 Å². The Bertz CT molecular complexity index is 1690. The van der Waals surface area contributed by atoms with Crippen LogP contribution in [0.25, 0.3) is 11.0 Å². The van der Waals surface area contributed by atoms with Gasteiger partial charge in [-0.15, -0.1) is 0 Å². The Labute approximate surface area is 243 Å². The zero-order valence-electron chi connectivity index (χ0n) is 23.3. The molecule has 3 heterocycles. The van der Waals surface area contributed by atoms with Gasteiger partial charge in [-0.2, -0.15) is 0 Å². The van der Waals surface area contributed by atoms with Gasteiger partial charge in [0.25, 0.3) is 0 Å². The highest BCUT2D eigenvalue weighted by Gasteiger charge is 2.43. The standard InChI is InChI=1S/C34H31FN4O3/c1-2-37-23-28(33(41)42)30(40)27-22-29(35)32(36-31(27)37)38-18-20-39(21-19-38)34(24-12-6-3-7-13-24,25-14-8-4-9-15-25)26-16-10-5-11-17-26/h3-17,22-23H,2,18-21H2,1H3,(H,41,42). The van der Waals surface area contributed by atoms with E-state index >= 15 is 4.39 Å². The van der Waals surface area contributed by atoms with Gasteiger partial charge in [-0.3, -0.25) is 9.69 Å². The van der Waals surface area contributed by atoms with Gasteiger partial charge < -0.3 is 14.6 Å². The molecule has 6 rings (SSSR count). The molecule has 0 saturated carbocycles. The minimum atomic E-state index is -1.34. The zero-order chi connectivity index (χ0) is 29.3. The number of hydrogen-bond donors (Lipinski definition) is 1. The van der Waals surface area contributed by atoms with Gasteiger partial charge >= 0.3 is 5.97 Å². The number of nitrogens with zero attached hydrogens (tertiary/aromatic N) is 4. The van der Waals surface area contributed by atoms with Crippen molar-refractivity contribution >= 4 is 22.8 Å². The number of rotatable bonds is 7. The monoisotopic (exact) mass is 562 g/mol. The Kier molecular flexibility index (Phi) is 7.31. The van der Waals surface area contributed by atoms with Crippen molar-refractivity contribution in [2.45, 2.75) is 19.0 Å². The maximum Gasteiger partial charge on any atom is 0.341 e. The van der Waals surface area contributed by atoms with Gasteiger partial charge in [0.15, 0.2) is 11.6 Å². The van der Waals surface area contributed by atoms with Crippen LogP contribution in [0.5, 0.6) is 0 Å². The number of pyridine rings is 2. The summed E-state index contributed by atoms with van der Waals surface area (Å²) in [5, 5.41) is 9.44. The van der Waals surface area contributed by atoms with Crippen molar-refractivity contribution < 1.29 is 14.3 Å². The average molecular weight is 563 g/mol. The number of fused-ring (bicyclic) bond motifs is 1. The van der Waals surface area contributed by atoms with Crippen molar-refractivity contribution in [3.8, 4) is 0 Å². The van der Waals surface area contributed by atoms with Gasteiger partial charge in [-0.25, -0.2) is 14.2 Å². The molecule has 3 aromatic carbocycles. The van der Waals surface area contributed by atoms with Crippen LogP contribution in [0.15, 0.2) is 108 Å². The largest absolute Gasteiger partial charge is 0.477 e. The van der Waals surface area contributed by atoms with Crippen LogP contribution in [0.1, 0.15) is 34.0 Å². The lowest BCUT2D eigenvalue weighted by Gasteiger charge is -2.49. The van der Waals surface area contributed by atoms with E-state index in [4.69, 9.17) is 0 Å². The van der Waals surface area contributed by atoms with Crippen molar-refractivity contribution in [1.82, 2.24) is 14.5 Å². The van der Waals surface area contributed by atoms with E-state index in [9.17, 15) is 14.7 Å². The molecule has 0 unspecified atom stereocenters. The molecule has 0 bridgehead atoms. The number of benzene rings is 3. The fraction of sp³-hybridized carbons (Fsp3) is 0.206. The number of piperazine rings is 1. The predicted molar refractivity (Wildman–Crippen MR) is 162 cm³/mol. The number of anilines is 1. The molecule has 1 saturated heterocycles. The second kappa shape index (κ2) is 11.2. The van der Waals surface area contributed by atoms with Crippen molar-refractivity contribution in [3.63, 3.8) is 0 Å². The summed E-state index contributed by atoms with van der Waals surface area (Å²) in [6.07, 6.45) is 1.29. The molecule has 1 fully saturated rings. The summed E-state index contributed by atoms with van der Waals surface area (Å²) < 4.78 is 17.2. The molecule has 1 N–H and O–H groups in total. The predicted octanol–water partition coefficient (Wildman–Crippen LogP) is 5.37. The van der Waals surface area contributed by atoms with Crippen LogP contribution in [0, 0.1) is 5.82 Å². The molecule has 0 spiro atoms. The topological polar surface area (TPSA) is 78.7 Å². The number of carbonyl (C=O) groups is 1. The fourth-order valence-corrected chi connectivity index (χ4v) is 6.23. The summed E-state index contributed by atoms with van der Waals surface area (Å²) in [7, 11) is 0. The summed E-state index contributed by atoms with van der Waals surface area (Å²) in [6.45, 7) is 4.47. The van der Waals surface area contributed by atoms with E-state index in [1.54, 1.807) is 4.57 Å². The summed E-state index contributed by atoms with van der Waals surface area (Å²) in [4.78, 5) is 33.4. The Morgan fingerprint density at radius 2 is 1.36 bits per heavy atom. The van der Waals surface area contributed by atoms with E-state index in [0.717, 1.165) is 22.8 Å². The van der Waals surface area contributed by atoms with E-state index in [-0.39, 0.29) is 16.9 Å². The lowest BCUT2D eigenvalue weighted by molar-refractivity contribution is 0.0695. The molecular formula is C34H31FN4O3. The fourth-order valence-electron chi connectivity index (χ4n) is 6.23. The lowest BCUT2D eigenvalue weighted by Crippen LogP contribution is -2.57. The molecule has 8 heteroatoms. The first-order chi connectivity index (χ1) is 20.4. The number of carboxylic acids is 1. The molecule has 42 heavy (non-hydrogen) atoms. The minimum Gasteiger partial charge on any atom is -0.477 e. The number of carboxylic acid groups (broad SMARTS) is 1. The molecular weight excluding hydrogens is 531 g/mol. The number of aryl methyl sites for hydroxylation is 1. The number of halogens is 1. The van der Waals surface area contributed by atoms with Gasteiger partial charge in [0, 0.05) is 38.9 Å². The van der Waals surface area contributed by atoms with Gasteiger partial charge in [-0.05, 0) is 29.7 Å². The van der Waals surface area contributed by atoms with E-state index in [1.165, 1.54) is 6.20 Å². The molecule has 212 valence electrons. The van der Waals surface area contributed by atoms with Gasteiger partial charge in [0.1, 0.15) is 11.2 Å². The van der Waals surface area contributed by atoms with Gasteiger partial charge in [-0.1, -0.05) is 91.0 Å². The van der Waals surface area contributed by atoms with E-state index < -0.39 is 28.3 Å². The first-order valence-corrected chi connectivity index (χ1v) is 14.1. The Hall–Kier alpha value is -4.82. The molecule has 2 aromatic heterocycles. The Morgan fingerprint density at radius 1 is 0.857 bits per heavy atom. The minimum absolute atomic E-state index is 0.0344. The molecule has 1 aliphatic heterocycles. The molecule has 0 aliphatic carbocycles. The Balaban J connectivity index is 1.41. The number of aromatic carboxylic acids is 1. The molecule has 0 atom stereocenters. The SMILES string of the molecule is CCn1cc(C(=O)O)c(=O)c2cc(F)c(N3CCN(C(c4ccccc4)(c4ccccc4)c4ccccc4)CC3)nc21. The maximum atomic E-state index is 15.6. The second-order valence-corrected chi connectivity index (χ2v) is 10.4. The summed E-state index contributed by atoms with van der Waals surface area (Å²) in [6, 6.07) is 32.5. The molecule has 5 aromatic rings. The van der Waals surface area contributed by atoms with Crippen molar-refractivity contribution in [2.24, 2.45) is 0 Å². The lowest BCUT2D eigenvalue weighted by atomic mass is 9.75. The van der Waals surface area contributed by atoms with Crippen LogP contribution >= 0.6 is 0 Å². The van der Waals surface area contributed by atoms with Crippen molar-refractivity contribution in [3.05, 3.63) is 142 Å². The van der Waals surface area contributed by atoms with Crippen LogP contribution < -0.4 is 10.3 Å². The van der Waals surface area contributed by atoms with Crippen LogP contribution in [0.4, 0.5) is 10.2 Å². The van der Waals surface area contributed by atoms with Crippen LogP contribution in [0.3, 0.4) is 0 Å². The first-order valence-electron chi connectivity index (χ1n) is 14.1. The summed E-state index contributed by atoms with van der Waals surface area (Å²) in [5.41, 5.74) is 2.01. The highest BCUT2D eigenvalue weighted by atomic mass is 19.1. The van der Waals surface area contributed by atoms with E-state index in [0.29, 0.717) is 32.7 Å². The van der Waals surface area contributed by atoms with Crippen LogP contribution in [-0.4, -0.2) is 51.7 Å². The molecule has 1 aliphatic rings. The smallest absolute Gasteiger partial charge is 0.341 e. The molecule has 7 nitrogen and oxygen atoms in total. The number of hydrogen-bond acceptors (Lipinski definition) is 5. The van der Waals surface area contributed by atoms with Crippen molar-refractivity contribution in [1.29, 1.82) is 0 Å². The van der Waals surface area contributed by atoms with Crippen LogP contribution in [0.2, 0.25) is 0 Å². The van der Waals surface area contributed by atoms with E-state index in [1.807, 2.05) is 30.0 Å². The Morgan fingerprint density at radius 3 is 1.81 bits per heavy atom.